The van der Waals surface area contributed by atoms with E-state index in [0.29, 0.717) is 45.3 Å². The Kier molecular flexibility index (Phi) is 16.2. The van der Waals surface area contributed by atoms with Gasteiger partial charge in [-0.3, -0.25) is 19.2 Å². The van der Waals surface area contributed by atoms with E-state index in [1.807, 2.05) is 26.0 Å². The van der Waals surface area contributed by atoms with Crippen molar-refractivity contribution in [2.75, 3.05) is 13.2 Å². The van der Waals surface area contributed by atoms with Crippen LogP contribution < -0.4 is 15.4 Å². The Hall–Kier alpha value is -4.15. The minimum atomic E-state index is -2.35. The molecule has 1 spiro atoms. The van der Waals surface area contributed by atoms with Gasteiger partial charge in [0, 0.05) is 38.8 Å². The lowest BCUT2D eigenvalue weighted by molar-refractivity contribution is -0.143. The summed E-state index contributed by atoms with van der Waals surface area (Å²) in [6.45, 7) is 9.90. The molecule has 8 atom stereocenters. The van der Waals surface area contributed by atoms with Crippen LogP contribution in [0.5, 0.6) is 5.75 Å². The fourth-order valence-corrected chi connectivity index (χ4v) is 6.79. The summed E-state index contributed by atoms with van der Waals surface area (Å²) in [5, 5.41) is 5.80. The maximum Gasteiger partial charge on any atom is 0.311 e. The average Bonchev–Trinajstić information content (AvgIpc) is 3.88. The van der Waals surface area contributed by atoms with Crippen molar-refractivity contribution in [3.05, 3.63) is 65.0 Å². The zero-order valence-corrected chi connectivity index (χ0v) is 32.3. The van der Waals surface area contributed by atoms with Gasteiger partial charge < -0.3 is 34.3 Å². The molecule has 0 aromatic heterocycles. The summed E-state index contributed by atoms with van der Waals surface area (Å²) in [5.74, 6) is -14.7. The van der Waals surface area contributed by atoms with Crippen molar-refractivity contribution in [3.63, 3.8) is 0 Å². The topological polar surface area (TPSA) is 142 Å². The molecule has 3 saturated heterocycles. The van der Waals surface area contributed by atoms with Gasteiger partial charge in [0.1, 0.15) is 6.10 Å². The van der Waals surface area contributed by atoms with Gasteiger partial charge in [-0.05, 0) is 58.4 Å². The fourth-order valence-electron chi connectivity index (χ4n) is 6.79. The lowest BCUT2D eigenvalue weighted by Gasteiger charge is -2.39. The summed E-state index contributed by atoms with van der Waals surface area (Å²) in [5.41, 5.74) is 0.710. The largest absolute Gasteiger partial charge is 0.459 e. The van der Waals surface area contributed by atoms with E-state index in [1.165, 1.54) is 19.1 Å². The minimum absolute atomic E-state index is 0.0292. The van der Waals surface area contributed by atoms with Gasteiger partial charge in [-0.2, -0.15) is 8.78 Å². The molecule has 3 aliphatic rings. The predicted molar refractivity (Wildman–Crippen MR) is 192 cm³/mol. The van der Waals surface area contributed by atoms with E-state index in [0.717, 1.165) is 12.0 Å². The molecule has 8 unspecified atom stereocenters. The number of epoxide rings is 1. The maximum atomic E-state index is 13.7. The molecule has 0 aliphatic carbocycles. The minimum Gasteiger partial charge on any atom is -0.459 e. The summed E-state index contributed by atoms with van der Waals surface area (Å²) in [7, 11) is 0. The van der Waals surface area contributed by atoms with Crippen molar-refractivity contribution in [1.82, 2.24) is 10.6 Å². The first kappa shape index (κ1) is 44.6. The molecule has 3 heterocycles. The van der Waals surface area contributed by atoms with E-state index in [1.54, 1.807) is 6.92 Å². The summed E-state index contributed by atoms with van der Waals surface area (Å²) in [6.07, 6.45) is 11.2. The molecule has 16 heteroatoms. The van der Waals surface area contributed by atoms with Crippen LogP contribution in [-0.4, -0.2) is 79.1 Å². The van der Waals surface area contributed by atoms with Crippen LogP contribution >= 0.6 is 0 Å². The van der Waals surface area contributed by atoms with Crippen LogP contribution in [0.1, 0.15) is 92.4 Å². The van der Waals surface area contributed by atoms with Crippen LogP contribution in [0.3, 0.4) is 0 Å². The second kappa shape index (κ2) is 20.3. The van der Waals surface area contributed by atoms with E-state index < -0.39 is 52.9 Å². The van der Waals surface area contributed by atoms with Crippen LogP contribution in [0.4, 0.5) is 22.0 Å². The number of rotatable bonds is 17. The SMILES string of the molecule is CC(=O)OC(C)C=CC(=O)NC1CC(C)C(CC=C(C)C=CC2CC3(CO3)CC(CC(=O)NCCCCCC(=O)Oc3c(F)c(F)c(F)c(F)c3F)O2)OC1C. The highest BCUT2D eigenvalue weighted by Gasteiger charge is 2.51. The van der Waals surface area contributed by atoms with Gasteiger partial charge in [-0.1, -0.05) is 37.1 Å². The molecular weight excluding hydrogens is 747 g/mol. The zero-order valence-electron chi connectivity index (χ0n) is 32.3. The molecule has 1 aromatic carbocycles. The van der Waals surface area contributed by atoms with E-state index >= 15 is 0 Å². The molecule has 3 aliphatic heterocycles. The van der Waals surface area contributed by atoms with Gasteiger partial charge in [0.2, 0.25) is 46.6 Å². The highest BCUT2D eigenvalue weighted by molar-refractivity contribution is 5.87. The highest BCUT2D eigenvalue weighted by Crippen LogP contribution is 2.43. The molecule has 2 amide bonds. The van der Waals surface area contributed by atoms with Gasteiger partial charge in [-0.25, -0.2) is 13.2 Å². The van der Waals surface area contributed by atoms with Gasteiger partial charge in [0.25, 0.3) is 0 Å². The van der Waals surface area contributed by atoms with Crippen molar-refractivity contribution >= 4 is 23.8 Å². The quantitative estimate of drug-likeness (QED) is 0.0212. The Morgan fingerprint density at radius 1 is 0.929 bits per heavy atom. The van der Waals surface area contributed by atoms with Crippen molar-refractivity contribution in [2.24, 2.45) is 5.92 Å². The van der Waals surface area contributed by atoms with Gasteiger partial charge in [0.05, 0.1) is 49.1 Å². The number of unbranched alkanes of at least 4 members (excludes halogenated alkanes) is 2. The van der Waals surface area contributed by atoms with Gasteiger partial charge in [0.15, 0.2) is 0 Å². The predicted octanol–water partition coefficient (Wildman–Crippen LogP) is 6.37. The average molecular weight is 799 g/mol. The number of hydrogen-bond acceptors (Lipinski definition) is 9. The number of carbonyl (C=O) groups is 4. The number of allylic oxidation sites excluding steroid dienone is 2. The lowest BCUT2D eigenvalue weighted by Crippen LogP contribution is -2.50. The van der Waals surface area contributed by atoms with E-state index in [9.17, 15) is 41.1 Å². The standard InChI is InChI=1S/C40H51F5N2O9/c1-22(11-14-30-23(2)17-29(25(4)54-30)47-31(49)15-12-24(3)53-26(5)48)10-13-27-19-40(21-52-40)20-28(55-27)18-32(50)46-16-8-6-7-9-33(51)56-39-37(44)35(42)34(41)36(43)38(39)45/h10-13,15,23-25,27-30H,6-9,14,16-21H2,1-5H3,(H,46,50)(H,47,49). The van der Waals surface area contributed by atoms with E-state index in [-0.39, 0.29) is 73.1 Å². The molecule has 1 aromatic rings. The van der Waals surface area contributed by atoms with Crippen LogP contribution in [0.15, 0.2) is 36.0 Å². The van der Waals surface area contributed by atoms with Crippen LogP contribution in [-0.2, 0) is 38.1 Å². The Morgan fingerprint density at radius 3 is 2.27 bits per heavy atom. The monoisotopic (exact) mass is 798 g/mol. The number of hydrogen-bond donors (Lipinski definition) is 2. The van der Waals surface area contributed by atoms with Crippen molar-refractivity contribution in [2.45, 2.75) is 135 Å². The van der Waals surface area contributed by atoms with Crippen molar-refractivity contribution in [1.29, 1.82) is 0 Å². The summed E-state index contributed by atoms with van der Waals surface area (Å²) in [6, 6.07) is -0.158. The Labute approximate surface area is 323 Å². The fraction of sp³-hybridized carbons (Fsp3) is 0.600. The molecule has 56 heavy (non-hydrogen) atoms. The Bertz CT molecular complexity index is 1650. The smallest absolute Gasteiger partial charge is 0.311 e. The third kappa shape index (κ3) is 13.2. The lowest BCUT2D eigenvalue weighted by atomic mass is 9.88. The zero-order chi connectivity index (χ0) is 41.2. The van der Waals surface area contributed by atoms with Crippen LogP contribution in [0, 0.1) is 35.0 Å². The number of halogens is 5. The number of esters is 2. The first-order chi connectivity index (χ1) is 26.5. The van der Waals surface area contributed by atoms with Crippen LogP contribution in [0.25, 0.3) is 0 Å². The van der Waals surface area contributed by atoms with E-state index in [2.05, 4.69) is 28.4 Å². The number of amides is 2. The second-order valence-electron chi connectivity index (χ2n) is 14.8. The van der Waals surface area contributed by atoms with Crippen molar-refractivity contribution < 1.29 is 64.8 Å². The molecule has 310 valence electrons. The number of benzene rings is 1. The maximum absolute atomic E-state index is 13.7. The van der Waals surface area contributed by atoms with Gasteiger partial charge in [-0.15, -0.1) is 0 Å². The number of ether oxygens (including phenoxy) is 5. The van der Waals surface area contributed by atoms with Crippen molar-refractivity contribution in [3.8, 4) is 5.75 Å². The molecule has 0 bridgehead atoms. The summed E-state index contributed by atoms with van der Waals surface area (Å²) >= 11 is 0. The molecular formula is C40H51F5N2O9. The Balaban J connectivity index is 1.14. The summed E-state index contributed by atoms with van der Waals surface area (Å²) < 4.78 is 95.0. The third-order valence-corrected chi connectivity index (χ3v) is 9.93. The summed E-state index contributed by atoms with van der Waals surface area (Å²) in [4.78, 5) is 48.2. The normalized spacial score (nSPS) is 27.0. The molecule has 4 rings (SSSR count). The second-order valence-corrected chi connectivity index (χ2v) is 14.8. The first-order valence-electron chi connectivity index (χ1n) is 18.9. The molecule has 11 nitrogen and oxygen atoms in total. The number of nitrogens with one attached hydrogen (secondary N) is 2. The molecule has 3 fully saturated rings. The van der Waals surface area contributed by atoms with E-state index in [4.69, 9.17) is 18.9 Å². The highest BCUT2D eigenvalue weighted by atomic mass is 19.2. The third-order valence-electron chi connectivity index (χ3n) is 9.93. The van der Waals surface area contributed by atoms with Gasteiger partial charge >= 0.3 is 11.9 Å². The Morgan fingerprint density at radius 2 is 1.61 bits per heavy atom. The van der Waals surface area contributed by atoms with Crippen LogP contribution in [0.2, 0.25) is 0 Å². The number of carbonyl (C=O) groups excluding carboxylic acids is 4. The molecule has 0 saturated carbocycles. The molecule has 2 N–H and O–H groups in total. The first-order valence-corrected chi connectivity index (χ1v) is 18.9. The molecule has 0 radical (unpaired) electrons.